The van der Waals surface area contributed by atoms with Gasteiger partial charge in [0.2, 0.25) is 0 Å². The summed E-state index contributed by atoms with van der Waals surface area (Å²) < 4.78 is 5.15. The second kappa shape index (κ2) is 13.5. The fourth-order valence-electron chi connectivity index (χ4n) is 2.37. The number of methoxy groups -OCH3 is 1. The lowest BCUT2D eigenvalue weighted by Gasteiger charge is -2.15. The smallest absolute Gasteiger partial charge is 0.145 e. The van der Waals surface area contributed by atoms with Gasteiger partial charge in [-0.05, 0) is 30.9 Å². The summed E-state index contributed by atoms with van der Waals surface area (Å²) in [5, 5.41) is 20.6. The molecule has 0 aliphatic heterocycles. The number of nitriles is 1. The van der Waals surface area contributed by atoms with Crippen LogP contribution in [0.5, 0.6) is 5.75 Å². The number of aryl methyl sites for hydroxylation is 1. The molecule has 0 aromatic heterocycles. The molecule has 2 aromatic carbocycles. The van der Waals surface area contributed by atoms with Crippen molar-refractivity contribution in [2.45, 2.75) is 47.5 Å². The van der Waals surface area contributed by atoms with Crippen LogP contribution in [-0.4, -0.2) is 25.4 Å². The number of ether oxygens (including phenoxy) is 1. The van der Waals surface area contributed by atoms with E-state index in [1.807, 2.05) is 13.8 Å². The summed E-state index contributed by atoms with van der Waals surface area (Å²) >= 11 is 0. The minimum absolute atomic E-state index is 0.00163. The molecule has 0 aliphatic carbocycles. The number of anilines is 2. The molecule has 0 bridgehead atoms. The SMILES string of the molecule is CC.COc1cc(C#N)c(C)c(N)c1NCCO.Cc1ccc(C(C)C)cc1. The molecule has 4 N–H and O–H groups in total. The number of rotatable bonds is 5. The predicted octanol–water partition coefficient (Wildman–Crippen LogP) is 5.01. The van der Waals surface area contributed by atoms with E-state index in [1.165, 1.54) is 18.2 Å². The summed E-state index contributed by atoms with van der Waals surface area (Å²) in [7, 11) is 1.51. The highest BCUT2D eigenvalue weighted by Crippen LogP contribution is 2.35. The lowest BCUT2D eigenvalue weighted by Crippen LogP contribution is -2.10. The van der Waals surface area contributed by atoms with Crippen molar-refractivity contribution in [1.29, 1.82) is 5.26 Å². The summed E-state index contributed by atoms with van der Waals surface area (Å²) in [5.41, 5.74) is 11.0. The first-order valence-electron chi connectivity index (χ1n) is 9.64. The van der Waals surface area contributed by atoms with Gasteiger partial charge in [0, 0.05) is 12.6 Å². The molecule has 154 valence electrons. The minimum Gasteiger partial charge on any atom is -0.494 e. The topological polar surface area (TPSA) is 91.3 Å². The fourth-order valence-corrected chi connectivity index (χ4v) is 2.37. The van der Waals surface area contributed by atoms with Gasteiger partial charge in [0.05, 0.1) is 31.0 Å². The molecule has 0 unspecified atom stereocenters. The maximum absolute atomic E-state index is 8.91. The minimum atomic E-state index is 0.00163. The van der Waals surface area contributed by atoms with Crippen LogP contribution in [0.15, 0.2) is 30.3 Å². The number of nitrogens with two attached hydrogens (primary N) is 1. The molecule has 0 heterocycles. The highest BCUT2D eigenvalue weighted by Gasteiger charge is 2.13. The van der Waals surface area contributed by atoms with Crippen molar-refractivity contribution >= 4 is 11.4 Å². The quantitative estimate of drug-likeness (QED) is 0.630. The molecule has 5 heteroatoms. The van der Waals surface area contributed by atoms with Gasteiger partial charge in [0.1, 0.15) is 11.4 Å². The number of hydrogen-bond donors (Lipinski definition) is 3. The Balaban J connectivity index is 0.000000520. The van der Waals surface area contributed by atoms with Gasteiger partial charge in [-0.2, -0.15) is 5.26 Å². The Morgan fingerprint density at radius 3 is 2.18 bits per heavy atom. The van der Waals surface area contributed by atoms with Crippen molar-refractivity contribution in [3.8, 4) is 11.8 Å². The monoisotopic (exact) mass is 385 g/mol. The Kier molecular flexibility index (Phi) is 12.2. The molecule has 0 fully saturated rings. The van der Waals surface area contributed by atoms with E-state index < -0.39 is 0 Å². The molecule has 0 saturated heterocycles. The number of benzene rings is 2. The van der Waals surface area contributed by atoms with Crippen LogP contribution in [-0.2, 0) is 0 Å². The average Bonchev–Trinajstić information content (AvgIpc) is 2.71. The zero-order valence-electron chi connectivity index (χ0n) is 18.3. The maximum Gasteiger partial charge on any atom is 0.145 e. The van der Waals surface area contributed by atoms with Gasteiger partial charge in [-0.15, -0.1) is 0 Å². The van der Waals surface area contributed by atoms with Crippen LogP contribution in [0.1, 0.15) is 55.9 Å². The van der Waals surface area contributed by atoms with Crippen molar-refractivity contribution in [1.82, 2.24) is 0 Å². The molecular formula is C23H35N3O2. The first-order valence-corrected chi connectivity index (χ1v) is 9.64. The average molecular weight is 386 g/mol. The van der Waals surface area contributed by atoms with E-state index in [0.717, 1.165) is 0 Å². The normalized spacial score (nSPS) is 9.43. The van der Waals surface area contributed by atoms with Gasteiger partial charge in [-0.3, -0.25) is 0 Å². The number of nitrogen functional groups attached to an aromatic ring is 1. The van der Waals surface area contributed by atoms with Gasteiger partial charge in [0.15, 0.2) is 0 Å². The number of nitrogens with zero attached hydrogens (tertiary/aromatic N) is 1. The second-order valence-corrected chi connectivity index (χ2v) is 6.37. The van der Waals surface area contributed by atoms with E-state index in [9.17, 15) is 0 Å². The maximum atomic E-state index is 8.91. The molecule has 0 amide bonds. The first-order chi connectivity index (χ1) is 13.3. The molecular weight excluding hydrogens is 350 g/mol. The first kappa shape index (κ1) is 25.3. The van der Waals surface area contributed by atoms with Crippen LogP contribution in [0.25, 0.3) is 0 Å². The molecule has 0 spiro atoms. The third kappa shape index (κ3) is 7.50. The number of nitrogens with one attached hydrogen (secondary N) is 1. The van der Waals surface area contributed by atoms with E-state index in [4.69, 9.17) is 20.8 Å². The summed E-state index contributed by atoms with van der Waals surface area (Å²) in [4.78, 5) is 0. The third-order valence-corrected chi connectivity index (χ3v) is 4.10. The Labute approximate surface area is 170 Å². The molecule has 5 nitrogen and oxygen atoms in total. The van der Waals surface area contributed by atoms with Gasteiger partial charge < -0.3 is 20.9 Å². The van der Waals surface area contributed by atoms with Crippen LogP contribution < -0.4 is 15.8 Å². The standard InChI is InChI=1S/C11H15N3O2.C10H14.C2H6/c1-7-8(6-12)5-9(16-2)11(10(7)13)14-3-4-15;1-8(2)10-6-4-9(3)5-7-10;1-2/h5,14-15H,3-4,13H2,1-2H3;4-8H,1-3H3;1-2H3. The van der Waals surface area contributed by atoms with Crippen molar-refractivity contribution in [2.75, 3.05) is 31.3 Å². The third-order valence-electron chi connectivity index (χ3n) is 4.10. The Hall–Kier alpha value is -2.71. The van der Waals surface area contributed by atoms with Crippen LogP contribution in [0, 0.1) is 25.2 Å². The van der Waals surface area contributed by atoms with E-state index in [-0.39, 0.29) is 6.61 Å². The Bertz CT molecular complexity index is 748. The van der Waals surface area contributed by atoms with E-state index in [2.05, 4.69) is 56.4 Å². The van der Waals surface area contributed by atoms with Crippen LogP contribution in [0.2, 0.25) is 0 Å². The molecule has 0 radical (unpaired) electrons. The Morgan fingerprint density at radius 2 is 1.75 bits per heavy atom. The van der Waals surface area contributed by atoms with Gasteiger partial charge in [0.25, 0.3) is 0 Å². The van der Waals surface area contributed by atoms with Gasteiger partial charge >= 0.3 is 0 Å². The van der Waals surface area contributed by atoms with Crippen LogP contribution in [0.3, 0.4) is 0 Å². The Morgan fingerprint density at radius 1 is 1.18 bits per heavy atom. The largest absolute Gasteiger partial charge is 0.494 e. The molecule has 2 rings (SSSR count). The van der Waals surface area contributed by atoms with Gasteiger partial charge in [-0.1, -0.05) is 57.5 Å². The zero-order valence-corrected chi connectivity index (χ0v) is 18.3. The molecule has 28 heavy (non-hydrogen) atoms. The second-order valence-electron chi connectivity index (χ2n) is 6.37. The van der Waals surface area contributed by atoms with E-state index in [1.54, 1.807) is 13.0 Å². The molecule has 0 saturated carbocycles. The molecule has 2 aromatic rings. The summed E-state index contributed by atoms with van der Waals surface area (Å²) in [6.45, 7) is 12.7. The number of aliphatic hydroxyl groups excluding tert-OH is 1. The lowest BCUT2D eigenvalue weighted by molar-refractivity contribution is 0.311. The van der Waals surface area contributed by atoms with Crippen molar-refractivity contribution in [2.24, 2.45) is 0 Å². The summed E-state index contributed by atoms with van der Waals surface area (Å²) in [6, 6.07) is 12.4. The van der Waals surface area contributed by atoms with Crippen molar-refractivity contribution in [3.05, 3.63) is 52.6 Å². The van der Waals surface area contributed by atoms with E-state index >= 15 is 0 Å². The van der Waals surface area contributed by atoms with E-state index in [0.29, 0.717) is 40.7 Å². The highest BCUT2D eigenvalue weighted by atomic mass is 16.5. The highest BCUT2D eigenvalue weighted by molar-refractivity contribution is 5.79. The number of aliphatic hydroxyl groups is 1. The molecule has 0 atom stereocenters. The zero-order chi connectivity index (χ0) is 21.7. The lowest BCUT2D eigenvalue weighted by atomic mass is 10.0. The van der Waals surface area contributed by atoms with Crippen molar-refractivity contribution in [3.63, 3.8) is 0 Å². The predicted molar refractivity (Wildman–Crippen MR) is 119 cm³/mol. The number of hydrogen-bond acceptors (Lipinski definition) is 5. The van der Waals surface area contributed by atoms with Gasteiger partial charge in [-0.25, -0.2) is 0 Å². The van der Waals surface area contributed by atoms with Crippen LogP contribution in [0.4, 0.5) is 11.4 Å². The summed E-state index contributed by atoms with van der Waals surface area (Å²) in [5.74, 6) is 1.16. The van der Waals surface area contributed by atoms with Crippen LogP contribution >= 0.6 is 0 Å². The molecule has 0 aliphatic rings. The van der Waals surface area contributed by atoms with Crippen molar-refractivity contribution < 1.29 is 9.84 Å². The summed E-state index contributed by atoms with van der Waals surface area (Å²) in [6.07, 6.45) is 0. The fraction of sp³-hybridized carbons (Fsp3) is 0.435.